The molecule has 0 fully saturated rings. The van der Waals surface area contributed by atoms with Crippen molar-refractivity contribution in [1.29, 1.82) is 0 Å². The van der Waals surface area contributed by atoms with Crippen LogP contribution in [0.25, 0.3) is 0 Å². The van der Waals surface area contributed by atoms with Crippen molar-refractivity contribution < 1.29 is 18.5 Å². The van der Waals surface area contributed by atoms with Crippen LogP contribution in [0.15, 0.2) is 17.0 Å². The summed E-state index contributed by atoms with van der Waals surface area (Å²) in [7, 11) is -0.219. The lowest BCUT2D eigenvalue weighted by Gasteiger charge is -2.37. The molecule has 19 heavy (non-hydrogen) atoms. The molecule has 0 atom stereocenters. The first-order valence-corrected chi connectivity index (χ1v) is 7.19. The maximum atomic E-state index is 13.8. The largest absolute Gasteiger partial charge is 0.427 e. The summed E-state index contributed by atoms with van der Waals surface area (Å²) < 4.78 is 33.0. The number of aliphatic hydroxyl groups is 1. The van der Waals surface area contributed by atoms with Gasteiger partial charge in [-0.25, -0.2) is 8.78 Å². The van der Waals surface area contributed by atoms with E-state index in [2.05, 4.69) is 0 Å². The second-order valence-corrected chi connectivity index (χ2v) is 6.31. The SMILES string of the molecule is CSc1cc(F)c(BOC(C)(C)C(C)(C)O)c(F)c1. The van der Waals surface area contributed by atoms with E-state index in [1.54, 1.807) is 34.0 Å². The van der Waals surface area contributed by atoms with Crippen LogP contribution in [0.3, 0.4) is 0 Å². The Morgan fingerprint density at radius 1 is 1.16 bits per heavy atom. The van der Waals surface area contributed by atoms with Crippen LogP contribution in [0.5, 0.6) is 0 Å². The van der Waals surface area contributed by atoms with Gasteiger partial charge in [0.1, 0.15) is 11.6 Å². The Hall–Kier alpha value is -0.585. The summed E-state index contributed by atoms with van der Waals surface area (Å²) in [4.78, 5) is 0.528. The topological polar surface area (TPSA) is 29.5 Å². The lowest BCUT2D eigenvalue weighted by molar-refractivity contribution is -0.0894. The molecule has 0 spiro atoms. The molecule has 106 valence electrons. The fraction of sp³-hybridized carbons (Fsp3) is 0.538. The first kappa shape index (κ1) is 16.5. The molecule has 0 aliphatic heterocycles. The molecule has 0 aliphatic carbocycles. The molecule has 1 N–H and O–H groups in total. The smallest absolute Gasteiger partial charge is 0.315 e. The molecular weight excluding hydrogens is 269 g/mol. The molecular formula is C13H19BF2O2S. The molecule has 0 bridgehead atoms. The molecule has 0 heterocycles. The highest BCUT2D eigenvalue weighted by Gasteiger charge is 2.36. The highest BCUT2D eigenvalue weighted by Crippen LogP contribution is 2.24. The minimum Gasteiger partial charge on any atom is -0.427 e. The van der Waals surface area contributed by atoms with Crippen molar-refractivity contribution in [3.63, 3.8) is 0 Å². The van der Waals surface area contributed by atoms with Gasteiger partial charge in [0, 0.05) is 10.4 Å². The van der Waals surface area contributed by atoms with Crippen molar-refractivity contribution in [3.05, 3.63) is 23.8 Å². The molecule has 0 aromatic heterocycles. The number of thioether (sulfide) groups is 1. The van der Waals surface area contributed by atoms with Gasteiger partial charge < -0.3 is 9.76 Å². The first-order valence-electron chi connectivity index (χ1n) is 5.96. The van der Waals surface area contributed by atoms with Crippen LogP contribution in [-0.4, -0.2) is 30.0 Å². The highest BCUT2D eigenvalue weighted by molar-refractivity contribution is 7.98. The zero-order valence-corrected chi connectivity index (χ0v) is 12.7. The number of benzene rings is 1. The fourth-order valence-electron chi connectivity index (χ4n) is 1.26. The number of halogens is 2. The molecule has 0 saturated carbocycles. The highest BCUT2D eigenvalue weighted by atomic mass is 32.2. The maximum Gasteiger partial charge on any atom is 0.315 e. The number of rotatable bonds is 5. The summed E-state index contributed by atoms with van der Waals surface area (Å²) in [6.45, 7) is 6.55. The van der Waals surface area contributed by atoms with Gasteiger partial charge in [0.25, 0.3) is 0 Å². The maximum absolute atomic E-state index is 13.8. The molecule has 1 aromatic carbocycles. The lowest BCUT2D eigenvalue weighted by atomic mass is 9.82. The van der Waals surface area contributed by atoms with Gasteiger partial charge in [-0.1, -0.05) is 0 Å². The lowest BCUT2D eigenvalue weighted by Crippen LogP contribution is -2.49. The molecule has 0 aliphatic rings. The summed E-state index contributed by atoms with van der Waals surface area (Å²) >= 11 is 1.27. The molecule has 0 unspecified atom stereocenters. The number of hydrogen-bond acceptors (Lipinski definition) is 3. The third kappa shape index (κ3) is 3.94. The van der Waals surface area contributed by atoms with E-state index in [-0.39, 0.29) is 12.9 Å². The Kier molecular flexibility index (Phi) is 5.04. The molecule has 6 heteroatoms. The van der Waals surface area contributed by atoms with Crippen LogP contribution in [-0.2, 0) is 4.65 Å². The van der Waals surface area contributed by atoms with Crippen LogP contribution >= 0.6 is 11.8 Å². The average molecular weight is 288 g/mol. The van der Waals surface area contributed by atoms with E-state index >= 15 is 0 Å². The predicted octanol–water partition coefficient (Wildman–Crippen LogP) is 2.23. The van der Waals surface area contributed by atoms with Gasteiger partial charge in [-0.15, -0.1) is 11.8 Å². The van der Waals surface area contributed by atoms with Gasteiger partial charge in [-0.3, -0.25) is 0 Å². The van der Waals surface area contributed by atoms with Crippen molar-refractivity contribution in [2.75, 3.05) is 6.26 Å². The van der Waals surface area contributed by atoms with Crippen molar-refractivity contribution >= 4 is 24.7 Å². The Labute approximate surface area is 117 Å². The summed E-state index contributed by atoms with van der Waals surface area (Å²) in [5, 5.41) is 9.93. The van der Waals surface area contributed by atoms with Crippen molar-refractivity contribution in [2.24, 2.45) is 0 Å². The van der Waals surface area contributed by atoms with Crippen molar-refractivity contribution in [1.82, 2.24) is 0 Å². The van der Waals surface area contributed by atoms with Gasteiger partial charge in [-0.2, -0.15) is 0 Å². The summed E-state index contributed by atoms with van der Waals surface area (Å²) in [6, 6.07) is 2.56. The van der Waals surface area contributed by atoms with Crippen molar-refractivity contribution in [2.45, 2.75) is 43.8 Å². The van der Waals surface area contributed by atoms with Gasteiger partial charge in [0.05, 0.1) is 11.2 Å². The third-order valence-corrected chi connectivity index (χ3v) is 4.11. The monoisotopic (exact) mass is 288 g/mol. The van der Waals surface area contributed by atoms with Crippen LogP contribution in [0.4, 0.5) is 8.78 Å². The Morgan fingerprint density at radius 3 is 2.00 bits per heavy atom. The van der Waals surface area contributed by atoms with Gasteiger partial charge >= 0.3 is 7.48 Å². The van der Waals surface area contributed by atoms with E-state index in [0.717, 1.165) is 0 Å². The predicted molar refractivity (Wildman–Crippen MR) is 76.4 cm³/mol. The summed E-state index contributed by atoms with van der Waals surface area (Å²) in [6.07, 6.45) is 1.75. The van der Waals surface area contributed by atoms with E-state index in [1.807, 2.05) is 0 Å². The van der Waals surface area contributed by atoms with Gasteiger partial charge in [0.2, 0.25) is 0 Å². The van der Waals surface area contributed by atoms with E-state index in [4.69, 9.17) is 4.65 Å². The molecule has 0 saturated heterocycles. The summed E-state index contributed by atoms with van der Waals surface area (Å²) in [5.74, 6) is -1.26. The van der Waals surface area contributed by atoms with E-state index < -0.39 is 22.8 Å². The minimum atomic E-state index is -1.11. The van der Waals surface area contributed by atoms with E-state index in [9.17, 15) is 13.9 Å². The van der Waals surface area contributed by atoms with Crippen LogP contribution < -0.4 is 5.46 Å². The third-order valence-electron chi connectivity index (χ3n) is 3.40. The molecule has 0 radical (unpaired) electrons. The molecule has 1 aromatic rings. The zero-order valence-electron chi connectivity index (χ0n) is 11.9. The first-order chi connectivity index (χ1) is 8.58. The Bertz CT molecular complexity index is 435. The second kappa shape index (κ2) is 5.81. The standard InChI is InChI=1S/C13H19BF2O2S/c1-12(2,17)13(3,4)18-14-11-9(15)6-8(19-5)7-10(11)16/h6-7,14,17H,1-5H3. The molecule has 1 rings (SSSR count). The normalized spacial score (nSPS) is 12.6. The number of hydrogen-bond donors (Lipinski definition) is 1. The van der Waals surface area contributed by atoms with Crippen LogP contribution in [0.1, 0.15) is 27.7 Å². The van der Waals surface area contributed by atoms with Gasteiger partial charge in [0.15, 0.2) is 0 Å². The van der Waals surface area contributed by atoms with Gasteiger partial charge in [-0.05, 0) is 46.1 Å². The van der Waals surface area contributed by atoms with Crippen LogP contribution in [0, 0.1) is 11.6 Å². The Morgan fingerprint density at radius 2 is 1.63 bits per heavy atom. The van der Waals surface area contributed by atoms with E-state index in [0.29, 0.717) is 4.90 Å². The fourth-order valence-corrected chi connectivity index (χ4v) is 1.71. The average Bonchev–Trinajstić information content (AvgIpc) is 2.25. The molecule has 2 nitrogen and oxygen atoms in total. The van der Waals surface area contributed by atoms with Crippen molar-refractivity contribution in [3.8, 4) is 0 Å². The minimum absolute atomic E-state index is 0.116. The Balaban J connectivity index is 2.90. The molecule has 0 amide bonds. The zero-order chi connectivity index (χ0) is 14.8. The summed E-state index contributed by atoms with van der Waals surface area (Å²) in [5.41, 5.74) is -2.14. The second-order valence-electron chi connectivity index (χ2n) is 5.43. The quantitative estimate of drug-likeness (QED) is 0.665. The van der Waals surface area contributed by atoms with Crippen LogP contribution in [0.2, 0.25) is 0 Å². The van der Waals surface area contributed by atoms with E-state index in [1.165, 1.54) is 23.9 Å².